The molecule has 0 aliphatic rings. The van der Waals surface area contributed by atoms with Gasteiger partial charge in [0.1, 0.15) is 17.1 Å². The molecule has 34 heavy (non-hydrogen) atoms. The normalized spacial score (nSPS) is 10.8. The number of hydrogen-bond donors (Lipinski definition) is 1. The number of benzene rings is 3. The van der Waals surface area contributed by atoms with E-state index in [4.69, 9.17) is 13.9 Å². The molecule has 3 aromatic carbocycles. The van der Waals surface area contributed by atoms with E-state index in [9.17, 15) is 9.59 Å². The quantitative estimate of drug-likeness (QED) is 0.217. The van der Waals surface area contributed by atoms with Crippen molar-refractivity contribution in [3.8, 4) is 11.5 Å². The molecule has 0 unspecified atom stereocenters. The van der Waals surface area contributed by atoms with Crippen LogP contribution in [0.3, 0.4) is 0 Å². The van der Waals surface area contributed by atoms with E-state index in [0.29, 0.717) is 40.1 Å². The first kappa shape index (κ1) is 23.1. The van der Waals surface area contributed by atoms with Gasteiger partial charge in [-0.2, -0.15) is 0 Å². The van der Waals surface area contributed by atoms with Crippen LogP contribution in [0.15, 0.2) is 77.2 Å². The summed E-state index contributed by atoms with van der Waals surface area (Å²) in [5.74, 6) is 0.776. The lowest BCUT2D eigenvalue weighted by atomic mass is 10.1. The molecule has 0 spiro atoms. The van der Waals surface area contributed by atoms with E-state index in [1.54, 1.807) is 61.7 Å². The fourth-order valence-corrected chi connectivity index (χ4v) is 3.63. The highest BCUT2D eigenvalue weighted by molar-refractivity contribution is 6.18. The molecule has 1 N–H and O–H groups in total. The highest BCUT2D eigenvalue weighted by Crippen LogP contribution is 2.33. The second-order valence-electron chi connectivity index (χ2n) is 7.89. The van der Waals surface area contributed by atoms with Crippen molar-refractivity contribution in [3.63, 3.8) is 0 Å². The number of carbonyl (C=O) groups excluding carboxylic acids is 2. The molecule has 1 heterocycles. The zero-order valence-corrected chi connectivity index (χ0v) is 19.3. The third-order valence-electron chi connectivity index (χ3n) is 5.53. The zero-order valence-electron chi connectivity index (χ0n) is 19.3. The molecule has 0 radical (unpaired) electrons. The van der Waals surface area contributed by atoms with Crippen LogP contribution in [0.1, 0.15) is 52.7 Å². The monoisotopic (exact) mass is 457 g/mol. The molecule has 1 amide bonds. The molecule has 0 atom stereocenters. The smallest absolute Gasteiger partial charge is 0.255 e. The number of fused-ring (bicyclic) bond motifs is 1. The van der Waals surface area contributed by atoms with Crippen molar-refractivity contribution >= 4 is 28.3 Å². The van der Waals surface area contributed by atoms with Crippen LogP contribution in [0.4, 0.5) is 5.69 Å². The minimum atomic E-state index is -0.340. The molecule has 6 nitrogen and oxygen atoms in total. The Morgan fingerprint density at radius 3 is 2.24 bits per heavy atom. The van der Waals surface area contributed by atoms with E-state index < -0.39 is 0 Å². The molecular weight excluding hydrogens is 430 g/mol. The summed E-state index contributed by atoms with van der Waals surface area (Å²) < 4.78 is 16.8. The SMILES string of the molecule is CCCCCOc1ccc(C(=O)Nc2c(C(=O)c3ccc(OC)cc3)oc3ccccc23)cc1. The Labute approximate surface area is 198 Å². The van der Waals surface area contributed by atoms with Gasteiger partial charge in [-0.25, -0.2) is 0 Å². The first-order valence-electron chi connectivity index (χ1n) is 11.3. The molecular formula is C28H27NO5. The first-order chi connectivity index (χ1) is 16.6. The summed E-state index contributed by atoms with van der Waals surface area (Å²) in [5.41, 5.74) is 1.75. The van der Waals surface area contributed by atoms with Crippen molar-refractivity contribution < 1.29 is 23.5 Å². The number of para-hydroxylation sites is 1. The van der Waals surface area contributed by atoms with Gasteiger partial charge in [0.25, 0.3) is 5.91 Å². The maximum atomic E-state index is 13.2. The van der Waals surface area contributed by atoms with Gasteiger partial charge in [0.15, 0.2) is 5.76 Å². The fourth-order valence-electron chi connectivity index (χ4n) is 3.63. The van der Waals surface area contributed by atoms with E-state index in [2.05, 4.69) is 12.2 Å². The van der Waals surface area contributed by atoms with Gasteiger partial charge < -0.3 is 19.2 Å². The number of hydrogen-bond acceptors (Lipinski definition) is 5. The standard InChI is InChI=1S/C28H27NO5/c1-3-4-7-18-33-22-16-12-20(13-17-22)28(31)29-25-23-8-5-6-9-24(23)34-27(25)26(30)19-10-14-21(32-2)15-11-19/h5-6,8-17H,3-4,7,18H2,1-2H3,(H,29,31). The number of anilines is 1. The summed E-state index contributed by atoms with van der Waals surface area (Å²) in [6.07, 6.45) is 3.25. The van der Waals surface area contributed by atoms with Crippen molar-refractivity contribution in [2.24, 2.45) is 0 Å². The summed E-state index contributed by atoms with van der Waals surface area (Å²) in [7, 11) is 1.56. The Bertz CT molecular complexity index is 1270. The topological polar surface area (TPSA) is 77.8 Å². The minimum absolute atomic E-state index is 0.0793. The number of amides is 1. The maximum Gasteiger partial charge on any atom is 0.255 e. The molecule has 0 aliphatic heterocycles. The molecule has 0 saturated heterocycles. The number of methoxy groups -OCH3 is 1. The largest absolute Gasteiger partial charge is 0.497 e. The Balaban J connectivity index is 1.57. The van der Waals surface area contributed by atoms with Crippen LogP contribution < -0.4 is 14.8 Å². The highest BCUT2D eigenvalue weighted by atomic mass is 16.5. The zero-order chi connectivity index (χ0) is 23.9. The average Bonchev–Trinajstić information content (AvgIpc) is 3.25. The summed E-state index contributed by atoms with van der Waals surface area (Å²) in [4.78, 5) is 26.3. The Morgan fingerprint density at radius 1 is 0.853 bits per heavy atom. The molecule has 1 aromatic heterocycles. The molecule has 4 rings (SSSR count). The molecule has 0 bridgehead atoms. The van der Waals surface area contributed by atoms with Crippen LogP contribution in [0, 0.1) is 0 Å². The van der Waals surface area contributed by atoms with Gasteiger partial charge in [-0.05, 0) is 67.1 Å². The predicted molar refractivity (Wildman–Crippen MR) is 132 cm³/mol. The Hall–Kier alpha value is -4.06. The molecule has 0 fully saturated rings. The van der Waals surface area contributed by atoms with Crippen molar-refractivity contribution in [1.29, 1.82) is 0 Å². The van der Waals surface area contributed by atoms with E-state index in [-0.39, 0.29) is 17.5 Å². The number of furan rings is 1. The number of rotatable bonds is 10. The molecule has 4 aromatic rings. The molecule has 0 aliphatic carbocycles. The second kappa shape index (κ2) is 10.7. The first-order valence-corrected chi connectivity index (χ1v) is 11.3. The lowest BCUT2D eigenvalue weighted by molar-refractivity contribution is 0.101. The maximum absolute atomic E-state index is 13.2. The van der Waals surface area contributed by atoms with Crippen LogP contribution in [0.25, 0.3) is 11.0 Å². The van der Waals surface area contributed by atoms with Gasteiger partial charge in [-0.15, -0.1) is 0 Å². The fraction of sp³-hybridized carbons (Fsp3) is 0.214. The van der Waals surface area contributed by atoms with Gasteiger partial charge in [-0.1, -0.05) is 31.9 Å². The van der Waals surface area contributed by atoms with Crippen LogP contribution >= 0.6 is 0 Å². The van der Waals surface area contributed by atoms with Gasteiger partial charge >= 0.3 is 0 Å². The second-order valence-corrected chi connectivity index (χ2v) is 7.89. The van der Waals surface area contributed by atoms with Crippen LogP contribution in [0.2, 0.25) is 0 Å². The molecule has 174 valence electrons. The summed E-state index contributed by atoms with van der Waals surface area (Å²) in [5, 5.41) is 3.54. The van der Waals surface area contributed by atoms with Crippen LogP contribution in [-0.4, -0.2) is 25.4 Å². The lowest BCUT2D eigenvalue weighted by Crippen LogP contribution is -2.14. The number of ether oxygens (including phenoxy) is 2. The third-order valence-corrected chi connectivity index (χ3v) is 5.53. The number of carbonyl (C=O) groups is 2. The van der Waals surface area contributed by atoms with Crippen molar-refractivity contribution in [2.45, 2.75) is 26.2 Å². The van der Waals surface area contributed by atoms with Gasteiger partial charge in [-0.3, -0.25) is 9.59 Å². The van der Waals surface area contributed by atoms with Crippen molar-refractivity contribution in [3.05, 3.63) is 89.7 Å². The molecule has 0 saturated carbocycles. The van der Waals surface area contributed by atoms with Gasteiger partial charge in [0, 0.05) is 16.5 Å². The minimum Gasteiger partial charge on any atom is -0.497 e. The summed E-state index contributed by atoms with van der Waals surface area (Å²) in [6, 6.07) is 20.9. The van der Waals surface area contributed by atoms with Crippen molar-refractivity contribution in [1.82, 2.24) is 0 Å². The van der Waals surface area contributed by atoms with E-state index in [1.165, 1.54) is 0 Å². The van der Waals surface area contributed by atoms with E-state index in [0.717, 1.165) is 25.0 Å². The number of unbranched alkanes of at least 4 members (excludes halogenated alkanes) is 2. The number of nitrogens with one attached hydrogen (secondary N) is 1. The lowest BCUT2D eigenvalue weighted by Gasteiger charge is -2.08. The van der Waals surface area contributed by atoms with Crippen LogP contribution in [0.5, 0.6) is 11.5 Å². The Kier molecular flexibility index (Phi) is 7.28. The highest BCUT2D eigenvalue weighted by Gasteiger charge is 2.24. The summed E-state index contributed by atoms with van der Waals surface area (Å²) >= 11 is 0. The third kappa shape index (κ3) is 5.12. The van der Waals surface area contributed by atoms with Crippen LogP contribution in [-0.2, 0) is 0 Å². The molecule has 6 heteroatoms. The van der Waals surface area contributed by atoms with E-state index in [1.807, 2.05) is 18.2 Å². The number of ketones is 1. The predicted octanol–water partition coefficient (Wildman–Crippen LogP) is 6.49. The van der Waals surface area contributed by atoms with Gasteiger partial charge in [0.2, 0.25) is 5.78 Å². The van der Waals surface area contributed by atoms with Crippen molar-refractivity contribution in [2.75, 3.05) is 19.0 Å². The Morgan fingerprint density at radius 2 is 1.53 bits per heavy atom. The van der Waals surface area contributed by atoms with E-state index >= 15 is 0 Å². The van der Waals surface area contributed by atoms with Gasteiger partial charge in [0.05, 0.1) is 19.4 Å². The average molecular weight is 458 g/mol. The summed E-state index contributed by atoms with van der Waals surface area (Å²) in [6.45, 7) is 2.80.